The van der Waals surface area contributed by atoms with Gasteiger partial charge >= 0.3 is 5.97 Å². The molecule has 0 N–H and O–H groups in total. The summed E-state index contributed by atoms with van der Waals surface area (Å²) in [6, 6.07) is 9.73. The zero-order valence-electron chi connectivity index (χ0n) is 10.1. The van der Waals surface area contributed by atoms with Gasteiger partial charge in [-0.1, -0.05) is 37.3 Å². The minimum absolute atomic E-state index is 0.00527. The normalized spacial score (nSPS) is 23.3. The van der Waals surface area contributed by atoms with E-state index in [9.17, 15) is 4.79 Å². The van der Waals surface area contributed by atoms with Gasteiger partial charge in [0.1, 0.15) is 6.10 Å². The highest BCUT2D eigenvalue weighted by atomic mass is 16.5. The summed E-state index contributed by atoms with van der Waals surface area (Å²) in [6.45, 7) is 2.03. The van der Waals surface area contributed by atoms with Crippen molar-refractivity contribution in [2.75, 3.05) is 7.11 Å². The van der Waals surface area contributed by atoms with Gasteiger partial charge in [-0.3, -0.25) is 0 Å². The van der Waals surface area contributed by atoms with Gasteiger partial charge in [-0.25, -0.2) is 4.79 Å². The predicted octanol–water partition coefficient (Wildman–Crippen LogP) is 2.64. The molecule has 0 bridgehead atoms. The van der Waals surface area contributed by atoms with Crippen LogP contribution in [0.1, 0.15) is 25.0 Å². The summed E-state index contributed by atoms with van der Waals surface area (Å²) in [5.74, 6) is -0.310. The molecule has 0 aliphatic carbocycles. The molecule has 3 nitrogen and oxygen atoms in total. The molecular formula is C14H16O3. The average Bonchev–Trinajstić information content (AvgIpc) is 2.83. The highest BCUT2D eigenvalue weighted by Gasteiger charge is 2.32. The Morgan fingerprint density at radius 3 is 2.65 bits per heavy atom. The van der Waals surface area contributed by atoms with Crippen molar-refractivity contribution in [3.8, 4) is 0 Å². The van der Waals surface area contributed by atoms with Crippen LogP contribution in [-0.2, 0) is 14.3 Å². The number of esters is 1. The number of carbonyl (C=O) groups excluding carboxylic acids is 1. The Bertz CT molecular complexity index is 422. The lowest BCUT2D eigenvalue weighted by atomic mass is 10.0. The lowest BCUT2D eigenvalue weighted by Gasteiger charge is -2.15. The number of rotatable bonds is 3. The lowest BCUT2D eigenvalue weighted by molar-refractivity contribution is -0.137. The fourth-order valence-electron chi connectivity index (χ4n) is 1.97. The van der Waals surface area contributed by atoms with E-state index in [1.54, 1.807) is 0 Å². The fourth-order valence-corrected chi connectivity index (χ4v) is 1.97. The number of ether oxygens (including phenoxy) is 2. The van der Waals surface area contributed by atoms with Gasteiger partial charge in [0.2, 0.25) is 0 Å². The maximum absolute atomic E-state index is 11.7. The molecule has 1 aliphatic rings. The summed E-state index contributed by atoms with van der Waals surface area (Å²) >= 11 is 0. The molecule has 90 valence electrons. The zero-order valence-corrected chi connectivity index (χ0v) is 10.1. The smallest absolute Gasteiger partial charge is 0.336 e. The van der Waals surface area contributed by atoms with E-state index in [0.717, 1.165) is 12.0 Å². The number of hydrogen-bond donors (Lipinski definition) is 0. The first-order valence-corrected chi connectivity index (χ1v) is 5.76. The van der Waals surface area contributed by atoms with Gasteiger partial charge in [0, 0.05) is 0 Å². The van der Waals surface area contributed by atoms with Gasteiger partial charge in [0.15, 0.2) is 0 Å². The molecule has 3 heteroatoms. The molecule has 0 unspecified atom stereocenters. The van der Waals surface area contributed by atoms with E-state index in [1.807, 2.05) is 43.3 Å². The van der Waals surface area contributed by atoms with Crippen LogP contribution in [0.15, 0.2) is 42.0 Å². The third kappa shape index (κ3) is 2.39. The van der Waals surface area contributed by atoms with E-state index in [2.05, 4.69) is 0 Å². The molecule has 1 aromatic carbocycles. The van der Waals surface area contributed by atoms with E-state index in [1.165, 1.54) is 7.11 Å². The van der Waals surface area contributed by atoms with Crippen molar-refractivity contribution in [1.29, 1.82) is 0 Å². The second-order valence-electron chi connectivity index (χ2n) is 3.99. The number of carbonyl (C=O) groups is 1. The van der Waals surface area contributed by atoms with Crippen LogP contribution < -0.4 is 0 Å². The van der Waals surface area contributed by atoms with E-state index >= 15 is 0 Å². The van der Waals surface area contributed by atoms with Crippen LogP contribution in [0.2, 0.25) is 0 Å². The van der Waals surface area contributed by atoms with Crippen LogP contribution in [0.3, 0.4) is 0 Å². The SMILES string of the molecule is CC[C@@H]1C=C(C(=O)OC)[C@@H](c2ccccc2)O1. The van der Waals surface area contributed by atoms with Gasteiger partial charge in [-0.2, -0.15) is 0 Å². The molecule has 2 rings (SSSR count). The lowest BCUT2D eigenvalue weighted by Crippen LogP contribution is -2.12. The first kappa shape index (κ1) is 11.9. The van der Waals surface area contributed by atoms with Gasteiger partial charge < -0.3 is 9.47 Å². The molecule has 1 heterocycles. The summed E-state index contributed by atoms with van der Waals surface area (Å²) in [6.07, 6.45) is 2.41. The Morgan fingerprint density at radius 2 is 2.06 bits per heavy atom. The molecule has 0 amide bonds. The monoisotopic (exact) mass is 232 g/mol. The quantitative estimate of drug-likeness (QED) is 0.751. The number of benzene rings is 1. The van der Waals surface area contributed by atoms with Crippen LogP contribution in [0.4, 0.5) is 0 Å². The summed E-state index contributed by atoms with van der Waals surface area (Å²) in [5.41, 5.74) is 1.59. The van der Waals surface area contributed by atoms with Crippen molar-refractivity contribution in [3.63, 3.8) is 0 Å². The van der Waals surface area contributed by atoms with Crippen LogP contribution >= 0.6 is 0 Å². The molecule has 2 atom stereocenters. The van der Waals surface area contributed by atoms with Gasteiger partial charge in [0.05, 0.1) is 18.8 Å². The minimum Gasteiger partial charge on any atom is -0.466 e. The van der Waals surface area contributed by atoms with Gasteiger partial charge in [-0.15, -0.1) is 0 Å². The van der Waals surface area contributed by atoms with Gasteiger partial charge in [0.25, 0.3) is 0 Å². The maximum Gasteiger partial charge on any atom is 0.336 e. The van der Waals surface area contributed by atoms with E-state index < -0.39 is 0 Å². The highest BCUT2D eigenvalue weighted by Crippen LogP contribution is 2.34. The third-order valence-electron chi connectivity index (χ3n) is 2.88. The van der Waals surface area contributed by atoms with E-state index in [0.29, 0.717) is 5.57 Å². The fraction of sp³-hybridized carbons (Fsp3) is 0.357. The third-order valence-corrected chi connectivity index (χ3v) is 2.88. The first-order valence-electron chi connectivity index (χ1n) is 5.76. The molecule has 0 spiro atoms. The Hall–Kier alpha value is -1.61. The van der Waals surface area contributed by atoms with Crippen molar-refractivity contribution >= 4 is 5.97 Å². The molecule has 1 aromatic rings. The van der Waals surface area contributed by atoms with Crippen LogP contribution in [0, 0.1) is 0 Å². The van der Waals surface area contributed by atoms with Crippen molar-refractivity contribution in [1.82, 2.24) is 0 Å². The van der Waals surface area contributed by atoms with E-state index in [-0.39, 0.29) is 18.2 Å². The summed E-state index contributed by atoms with van der Waals surface area (Å²) in [5, 5.41) is 0. The summed E-state index contributed by atoms with van der Waals surface area (Å²) < 4.78 is 10.6. The molecule has 1 aliphatic heterocycles. The van der Waals surface area contributed by atoms with Crippen LogP contribution in [-0.4, -0.2) is 19.2 Å². The first-order chi connectivity index (χ1) is 8.26. The topological polar surface area (TPSA) is 35.5 Å². The molecule has 0 fully saturated rings. The largest absolute Gasteiger partial charge is 0.466 e. The minimum atomic E-state index is -0.310. The number of hydrogen-bond acceptors (Lipinski definition) is 3. The Kier molecular flexibility index (Phi) is 3.59. The van der Waals surface area contributed by atoms with Gasteiger partial charge in [-0.05, 0) is 18.1 Å². The Labute approximate surface area is 101 Å². The average molecular weight is 232 g/mol. The van der Waals surface area contributed by atoms with Crippen molar-refractivity contribution in [3.05, 3.63) is 47.5 Å². The second kappa shape index (κ2) is 5.15. The molecule has 0 aromatic heterocycles. The van der Waals surface area contributed by atoms with Crippen LogP contribution in [0.25, 0.3) is 0 Å². The van der Waals surface area contributed by atoms with Crippen molar-refractivity contribution < 1.29 is 14.3 Å². The molecule has 0 radical (unpaired) electrons. The Balaban J connectivity index is 2.29. The van der Waals surface area contributed by atoms with Crippen molar-refractivity contribution in [2.45, 2.75) is 25.6 Å². The molecule has 0 saturated heterocycles. The summed E-state index contributed by atoms with van der Waals surface area (Å²) in [4.78, 5) is 11.7. The van der Waals surface area contributed by atoms with E-state index in [4.69, 9.17) is 9.47 Å². The summed E-state index contributed by atoms with van der Waals surface area (Å²) in [7, 11) is 1.39. The maximum atomic E-state index is 11.7. The standard InChI is InChI=1S/C14H16O3/c1-3-11-9-12(14(15)16-2)13(17-11)10-7-5-4-6-8-10/h4-9,11,13H,3H2,1-2H3/t11-,13-/m1/s1. The number of methoxy groups -OCH3 is 1. The van der Waals surface area contributed by atoms with Crippen molar-refractivity contribution in [2.24, 2.45) is 0 Å². The Morgan fingerprint density at radius 1 is 1.35 bits per heavy atom. The molecule has 17 heavy (non-hydrogen) atoms. The molecular weight excluding hydrogens is 216 g/mol. The highest BCUT2D eigenvalue weighted by molar-refractivity contribution is 5.90. The second-order valence-corrected chi connectivity index (χ2v) is 3.99. The zero-order chi connectivity index (χ0) is 12.3. The molecule has 0 saturated carbocycles. The predicted molar refractivity (Wildman–Crippen MR) is 64.4 cm³/mol. The van der Waals surface area contributed by atoms with Crippen LogP contribution in [0.5, 0.6) is 0 Å².